The maximum atomic E-state index is 12.2. The van der Waals surface area contributed by atoms with Gasteiger partial charge in [-0.25, -0.2) is 0 Å². The first kappa shape index (κ1) is 14.2. The van der Waals surface area contributed by atoms with Crippen LogP contribution in [-0.4, -0.2) is 11.4 Å². The summed E-state index contributed by atoms with van der Waals surface area (Å²) in [5, 5.41) is 2.89. The summed E-state index contributed by atoms with van der Waals surface area (Å²) in [6.45, 7) is 7.40. The van der Waals surface area contributed by atoms with Crippen LogP contribution >= 0.6 is 15.9 Å². The van der Waals surface area contributed by atoms with E-state index in [0.717, 1.165) is 10.2 Å². The second kappa shape index (κ2) is 4.78. The molecule has 94 valence electrons. The number of benzene rings is 1. The van der Waals surface area contributed by atoms with Crippen molar-refractivity contribution in [2.45, 2.75) is 33.2 Å². The van der Waals surface area contributed by atoms with Crippen LogP contribution < -0.4 is 11.1 Å². The quantitative estimate of drug-likeness (QED) is 0.901. The van der Waals surface area contributed by atoms with Gasteiger partial charge in [-0.15, -0.1) is 0 Å². The first-order valence-electron chi connectivity index (χ1n) is 5.51. The molecule has 1 aromatic rings. The Balaban J connectivity index is 2.91. The molecule has 3 N–H and O–H groups in total. The van der Waals surface area contributed by atoms with Crippen LogP contribution in [0.3, 0.4) is 0 Å². The van der Waals surface area contributed by atoms with Gasteiger partial charge in [0.05, 0.1) is 11.1 Å². The number of nitrogens with one attached hydrogen (secondary N) is 1. The van der Waals surface area contributed by atoms with Gasteiger partial charge in [0.2, 0.25) is 5.91 Å². The standard InChI is InChI=1S/C13H19BrN2O/c1-12(2,13(3,4)15)11(17)16-10-8-6-5-7-9(10)14/h5-8H,15H2,1-4H3,(H,16,17). The van der Waals surface area contributed by atoms with E-state index in [1.54, 1.807) is 0 Å². The summed E-state index contributed by atoms with van der Waals surface area (Å²) in [6.07, 6.45) is 0. The first-order valence-corrected chi connectivity index (χ1v) is 6.30. The topological polar surface area (TPSA) is 55.1 Å². The largest absolute Gasteiger partial charge is 0.325 e. The van der Waals surface area contributed by atoms with Gasteiger partial charge in [-0.2, -0.15) is 0 Å². The van der Waals surface area contributed by atoms with Crippen LogP contribution in [-0.2, 0) is 4.79 Å². The number of anilines is 1. The zero-order valence-corrected chi connectivity index (χ0v) is 12.3. The molecule has 4 heteroatoms. The van der Waals surface area contributed by atoms with E-state index in [1.807, 2.05) is 52.0 Å². The van der Waals surface area contributed by atoms with Crippen LogP contribution in [0.25, 0.3) is 0 Å². The van der Waals surface area contributed by atoms with Crippen molar-refractivity contribution in [1.82, 2.24) is 0 Å². The van der Waals surface area contributed by atoms with Crippen molar-refractivity contribution in [2.24, 2.45) is 11.1 Å². The molecule has 17 heavy (non-hydrogen) atoms. The van der Waals surface area contributed by atoms with Crippen molar-refractivity contribution < 1.29 is 4.79 Å². The molecular weight excluding hydrogens is 280 g/mol. The van der Waals surface area contributed by atoms with E-state index in [4.69, 9.17) is 5.73 Å². The van der Waals surface area contributed by atoms with Crippen LogP contribution in [0.15, 0.2) is 28.7 Å². The molecule has 1 aromatic carbocycles. The Morgan fingerprint density at radius 3 is 2.24 bits per heavy atom. The van der Waals surface area contributed by atoms with E-state index in [9.17, 15) is 4.79 Å². The molecule has 3 nitrogen and oxygen atoms in total. The van der Waals surface area contributed by atoms with Crippen molar-refractivity contribution >= 4 is 27.5 Å². The van der Waals surface area contributed by atoms with Crippen molar-refractivity contribution in [3.8, 4) is 0 Å². The lowest BCUT2D eigenvalue weighted by Gasteiger charge is -2.36. The average Bonchev–Trinajstić information content (AvgIpc) is 2.19. The SMILES string of the molecule is CC(C)(N)C(C)(C)C(=O)Nc1ccccc1Br. The second-order valence-corrected chi connectivity index (χ2v) is 6.13. The third kappa shape index (κ3) is 3.07. The zero-order valence-electron chi connectivity index (χ0n) is 10.7. The lowest BCUT2D eigenvalue weighted by atomic mass is 9.74. The van der Waals surface area contributed by atoms with E-state index in [2.05, 4.69) is 21.2 Å². The molecule has 0 radical (unpaired) electrons. The van der Waals surface area contributed by atoms with Gasteiger partial charge in [0, 0.05) is 10.0 Å². The smallest absolute Gasteiger partial charge is 0.231 e. The van der Waals surface area contributed by atoms with Crippen molar-refractivity contribution in [1.29, 1.82) is 0 Å². The van der Waals surface area contributed by atoms with Crippen LogP contribution in [0.5, 0.6) is 0 Å². The predicted octanol–water partition coefficient (Wildman–Crippen LogP) is 3.15. The van der Waals surface area contributed by atoms with Gasteiger partial charge in [-0.05, 0) is 55.8 Å². The van der Waals surface area contributed by atoms with Gasteiger partial charge >= 0.3 is 0 Å². The number of rotatable bonds is 3. The maximum absolute atomic E-state index is 12.2. The van der Waals surface area contributed by atoms with E-state index in [0.29, 0.717) is 0 Å². The zero-order chi connectivity index (χ0) is 13.3. The normalized spacial score (nSPS) is 12.4. The fourth-order valence-electron chi connectivity index (χ4n) is 1.13. The van der Waals surface area contributed by atoms with Gasteiger partial charge in [0.25, 0.3) is 0 Å². The maximum Gasteiger partial charge on any atom is 0.231 e. The number of carbonyl (C=O) groups excluding carboxylic acids is 1. The number of amides is 1. The number of halogens is 1. The third-order valence-electron chi connectivity index (χ3n) is 3.30. The van der Waals surface area contributed by atoms with E-state index >= 15 is 0 Å². The molecule has 0 spiro atoms. The molecule has 0 fully saturated rings. The summed E-state index contributed by atoms with van der Waals surface area (Å²) >= 11 is 3.40. The summed E-state index contributed by atoms with van der Waals surface area (Å²) in [7, 11) is 0. The molecule has 0 atom stereocenters. The highest BCUT2D eigenvalue weighted by Crippen LogP contribution is 2.31. The van der Waals surface area contributed by atoms with Crippen molar-refractivity contribution in [3.05, 3.63) is 28.7 Å². The molecule has 1 amide bonds. The minimum Gasteiger partial charge on any atom is -0.325 e. The Kier molecular flexibility index (Phi) is 3.99. The molecule has 1 rings (SSSR count). The van der Waals surface area contributed by atoms with E-state index in [1.165, 1.54) is 0 Å². The molecule has 0 saturated carbocycles. The Labute approximate surface area is 111 Å². The molecule has 0 aliphatic heterocycles. The Morgan fingerprint density at radius 2 is 1.76 bits per heavy atom. The van der Waals surface area contributed by atoms with Crippen molar-refractivity contribution in [3.63, 3.8) is 0 Å². The minimum atomic E-state index is -0.651. The van der Waals surface area contributed by atoms with E-state index < -0.39 is 11.0 Å². The summed E-state index contributed by atoms with van der Waals surface area (Å²) < 4.78 is 0.860. The number of carbonyl (C=O) groups is 1. The number of nitrogens with two attached hydrogens (primary N) is 1. The van der Waals surface area contributed by atoms with E-state index in [-0.39, 0.29) is 5.91 Å². The molecule has 0 unspecified atom stereocenters. The summed E-state index contributed by atoms with van der Waals surface area (Å²) in [5.41, 5.74) is 5.56. The molecule has 0 saturated heterocycles. The monoisotopic (exact) mass is 298 g/mol. The van der Waals surface area contributed by atoms with Gasteiger partial charge in [-0.1, -0.05) is 12.1 Å². The Bertz CT molecular complexity index is 422. The summed E-state index contributed by atoms with van der Waals surface area (Å²) in [6, 6.07) is 7.51. The third-order valence-corrected chi connectivity index (χ3v) is 3.99. The number of hydrogen-bond acceptors (Lipinski definition) is 2. The van der Waals surface area contributed by atoms with Crippen LogP contribution in [0, 0.1) is 5.41 Å². The molecule has 0 bridgehead atoms. The summed E-state index contributed by atoms with van der Waals surface area (Å²) in [4.78, 5) is 12.2. The minimum absolute atomic E-state index is 0.0862. The second-order valence-electron chi connectivity index (χ2n) is 5.28. The molecule has 0 aromatic heterocycles. The summed E-state index contributed by atoms with van der Waals surface area (Å²) in [5.74, 6) is -0.0862. The highest BCUT2D eigenvalue weighted by molar-refractivity contribution is 9.10. The predicted molar refractivity (Wildman–Crippen MR) is 74.8 cm³/mol. The Morgan fingerprint density at radius 1 is 1.24 bits per heavy atom. The molecule has 0 aliphatic carbocycles. The highest BCUT2D eigenvalue weighted by Gasteiger charge is 2.40. The lowest BCUT2D eigenvalue weighted by Crippen LogP contribution is -2.53. The van der Waals surface area contributed by atoms with Gasteiger partial charge in [-0.3, -0.25) is 4.79 Å². The van der Waals surface area contributed by atoms with Gasteiger partial charge in [0.1, 0.15) is 0 Å². The molecule has 0 aliphatic rings. The number of para-hydroxylation sites is 1. The van der Waals surface area contributed by atoms with Crippen molar-refractivity contribution in [2.75, 3.05) is 5.32 Å². The Hall–Kier alpha value is -0.870. The van der Waals surface area contributed by atoms with Crippen LogP contribution in [0.1, 0.15) is 27.7 Å². The molecule has 0 heterocycles. The molecular formula is C13H19BrN2O. The fourth-order valence-corrected chi connectivity index (χ4v) is 1.52. The van der Waals surface area contributed by atoms with Crippen LogP contribution in [0.2, 0.25) is 0 Å². The first-order chi connectivity index (χ1) is 7.66. The lowest BCUT2D eigenvalue weighted by molar-refractivity contribution is -0.126. The number of hydrogen-bond donors (Lipinski definition) is 2. The fraction of sp³-hybridized carbons (Fsp3) is 0.462. The average molecular weight is 299 g/mol. The highest BCUT2D eigenvalue weighted by atomic mass is 79.9. The van der Waals surface area contributed by atoms with Crippen LogP contribution in [0.4, 0.5) is 5.69 Å². The van der Waals surface area contributed by atoms with Gasteiger partial charge in [0.15, 0.2) is 0 Å². The van der Waals surface area contributed by atoms with Gasteiger partial charge < -0.3 is 11.1 Å².